The Morgan fingerprint density at radius 3 is 2.78 bits per heavy atom. The molecule has 3 N–H and O–H groups in total. The molecule has 148 valence electrons. The minimum Gasteiger partial charge on any atom is -0.490 e. The first kappa shape index (κ1) is 18.4. The third kappa shape index (κ3) is 3.71. The number of nitrogens with one attached hydrogen (secondary N) is 1. The maximum Gasteiger partial charge on any atom is 0.193 e. The molecule has 2 fully saturated rings. The summed E-state index contributed by atoms with van der Waals surface area (Å²) >= 11 is 0. The molecule has 1 aromatic rings. The quantitative estimate of drug-likeness (QED) is 0.621. The number of fused-ring (bicyclic) bond motifs is 1. The Labute approximate surface area is 160 Å². The zero-order chi connectivity index (χ0) is 18.7. The Kier molecular flexibility index (Phi) is 5.41. The lowest BCUT2D eigenvalue weighted by Gasteiger charge is -2.55. The molecule has 3 aliphatic rings. The Balaban J connectivity index is 1.45. The number of hydrogen-bond acceptors (Lipinski definition) is 5. The minimum absolute atomic E-state index is 0.0608. The lowest BCUT2D eigenvalue weighted by molar-refractivity contribution is -0.163. The normalized spacial score (nSPS) is 26.9. The van der Waals surface area contributed by atoms with Crippen LogP contribution in [0.15, 0.2) is 23.2 Å². The van der Waals surface area contributed by atoms with Gasteiger partial charge in [0.05, 0.1) is 25.4 Å². The lowest BCUT2D eigenvalue weighted by atomic mass is 9.58. The van der Waals surface area contributed by atoms with Gasteiger partial charge in [0.1, 0.15) is 0 Å². The van der Waals surface area contributed by atoms with Gasteiger partial charge in [-0.1, -0.05) is 0 Å². The minimum atomic E-state index is 0.0608. The first-order valence-electron chi connectivity index (χ1n) is 9.90. The van der Waals surface area contributed by atoms with Crippen LogP contribution in [0.3, 0.4) is 0 Å². The van der Waals surface area contributed by atoms with Crippen LogP contribution in [0.5, 0.6) is 11.5 Å². The van der Waals surface area contributed by atoms with Gasteiger partial charge in [-0.05, 0) is 38.3 Å². The molecule has 2 heterocycles. The van der Waals surface area contributed by atoms with Crippen molar-refractivity contribution in [2.45, 2.75) is 44.8 Å². The van der Waals surface area contributed by atoms with E-state index in [1.807, 2.05) is 25.1 Å². The molecular weight excluding hydrogens is 346 g/mol. The van der Waals surface area contributed by atoms with E-state index in [2.05, 4.69) is 5.32 Å². The second-order valence-electron chi connectivity index (χ2n) is 7.39. The SMILES string of the molecule is CCOC1CC(N=C(N)Nc2ccc3c(c2)OCCCO3)C12CCOCC2. The van der Waals surface area contributed by atoms with Crippen molar-refractivity contribution in [3.05, 3.63) is 18.2 Å². The van der Waals surface area contributed by atoms with Gasteiger partial charge in [-0.3, -0.25) is 0 Å². The topological polar surface area (TPSA) is 87.3 Å². The van der Waals surface area contributed by atoms with Crippen LogP contribution in [0, 0.1) is 5.41 Å². The third-order valence-corrected chi connectivity index (χ3v) is 5.85. The van der Waals surface area contributed by atoms with Crippen molar-refractivity contribution in [3.8, 4) is 11.5 Å². The van der Waals surface area contributed by atoms with E-state index in [0.29, 0.717) is 19.2 Å². The van der Waals surface area contributed by atoms with Gasteiger partial charge in [0.25, 0.3) is 0 Å². The first-order valence-corrected chi connectivity index (χ1v) is 9.90. The van der Waals surface area contributed by atoms with E-state index in [1.165, 1.54) is 0 Å². The summed E-state index contributed by atoms with van der Waals surface area (Å²) in [5, 5.41) is 3.20. The van der Waals surface area contributed by atoms with Crippen LogP contribution in [-0.4, -0.2) is 51.1 Å². The first-order chi connectivity index (χ1) is 13.2. The average Bonchev–Trinajstić information content (AvgIpc) is 2.93. The molecule has 4 rings (SSSR count). The number of ether oxygens (including phenoxy) is 4. The van der Waals surface area contributed by atoms with Crippen molar-refractivity contribution >= 4 is 11.6 Å². The summed E-state index contributed by atoms with van der Waals surface area (Å²) < 4.78 is 22.9. The zero-order valence-corrected chi connectivity index (χ0v) is 15.9. The number of nitrogens with two attached hydrogens (primary N) is 1. The van der Waals surface area contributed by atoms with E-state index in [4.69, 9.17) is 29.7 Å². The number of rotatable bonds is 4. The summed E-state index contributed by atoms with van der Waals surface area (Å²) in [6.07, 6.45) is 4.00. The Morgan fingerprint density at radius 2 is 2.00 bits per heavy atom. The van der Waals surface area contributed by atoms with Crippen molar-refractivity contribution in [2.75, 3.05) is 38.4 Å². The van der Waals surface area contributed by atoms with Crippen LogP contribution in [0.25, 0.3) is 0 Å². The van der Waals surface area contributed by atoms with E-state index in [9.17, 15) is 0 Å². The lowest BCUT2D eigenvalue weighted by Crippen LogP contribution is -2.60. The summed E-state index contributed by atoms with van der Waals surface area (Å²) in [5.74, 6) is 1.94. The molecule has 0 amide bonds. The van der Waals surface area contributed by atoms with Crippen LogP contribution in [0.1, 0.15) is 32.6 Å². The highest BCUT2D eigenvalue weighted by Gasteiger charge is 2.56. The molecular formula is C20H29N3O4. The van der Waals surface area contributed by atoms with Crippen LogP contribution in [0.2, 0.25) is 0 Å². The van der Waals surface area contributed by atoms with Crippen LogP contribution in [0.4, 0.5) is 5.69 Å². The number of benzene rings is 1. The van der Waals surface area contributed by atoms with E-state index < -0.39 is 0 Å². The van der Waals surface area contributed by atoms with Crippen molar-refractivity contribution in [1.29, 1.82) is 0 Å². The fourth-order valence-corrected chi connectivity index (χ4v) is 4.34. The number of nitrogens with zero attached hydrogens (tertiary/aromatic N) is 1. The predicted molar refractivity (Wildman–Crippen MR) is 104 cm³/mol. The Hall–Kier alpha value is -1.99. The highest BCUT2D eigenvalue weighted by molar-refractivity contribution is 5.92. The van der Waals surface area contributed by atoms with Crippen molar-refractivity contribution in [3.63, 3.8) is 0 Å². The third-order valence-electron chi connectivity index (χ3n) is 5.85. The summed E-state index contributed by atoms with van der Waals surface area (Å²) in [7, 11) is 0. The number of anilines is 1. The summed E-state index contributed by atoms with van der Waals surface area (Å²) in [6, 6.07) is 5.93. The van der Waals surface area contributed by atoms with Gasteiger partial charge in [-0.25, -0.2) is 4.99 Å². The van der Waals surface area contributed by atoms with E-state index in [-0.39, 0.29) is 17.6 Å². The maximum atomic E-state index is 6.23. The van der Waals surface area contributed by atoms with Gasteiger partial charge in [0, 0.05) is 43.4 Å². The van der Waals surface area contributed by atoms with Crippen LogP contribution < -0.4 is 20.5 Å². The zero-order valence-electron chi connectivity index (χ0n) is 15.9. The number of guanidine groups is 1. The van der Waals surface area contributed by atoms with Gasteiger partial charge in [-0.2, -0.15) is 0 Å². The highest BCUT2D eigenvalue weighted by Crippen LogP contribution is 2.52. The van der Waals surface area contributed by atoms with Gasteiger partial charge < -0.3 is 30.0 Å². The smallest absolute Gasteiger partial charge is 0.193 e. The molecule has 0 radical (unpaired) electrons. The monoisotopic (exact) mass is 375 g/mol. The largest absolute Gasteiger partial charge is 0.490 e. The Morgan fingerprint density at radius 1 is 1.22 bits per heavy atom. The summed E-state index contributed by atoms with van der Waals surface area (Å²) in [5.41, 5.74) is 7.14. The van der Waals surface area contributed by atoms with Crippen molar-refractivity contribution in [1.82, 2.24) is 0 Å². The molecule has 1 aliphatic carbocycles. The van der Waals surface area contributed by atoms with E-state index in [0.717, 1.165) is 62.7 Å². The molecule has 1 aromatic carbocycles. The van der Waals surface area contributed by atoms with E-state index >= 15 is 0 Å². The number of aliphatic imine (C=N–C) groups is 1. The van der Waals surface area contributed by atoms with Crippen LogP contribution in [-0.2, 0) is 9.47 Å². The molecule has 27 heavy (non-hydrogen) atoms. The molecule has 2 aliphatic heterocycles. The fourth-order valence-electron chi connectivity index (χ4n) is 4.34. The second-order valence-corrected chi connectivity index (χ2v) is 7.39. The van der Waals surface area contributed by atoms with Gasteiger partial charge in [0.2, 0.25) is 0 Å². The summed E-state index contributed by atoms with van der Waals surface area (Å²) in [6.45, 7) is 5.65. The molecule has 7 heteroatoms. The summed E-state index contributed by atoms with van der Waals surface area (Å²) in [4.78, 5) is 4.79. The molecule has 7 nitrogen and oxygen atoms in total. The van der Waals surface area contributed by atoms with Gasteiger partial charge >= 0.3 is 0 Å². The molecule has 1 saturated carbocycles. The van der Waals surface area contributed by atoms with Crippen molar-refractivity contribution < 1.29 is 18.9 Å². The van der Waals surface area contributed by atoms with Gasteiger partial charge in [0.15, 0.2) is 17.5 Å². The molecule has 2 atom stereocenters. The van der Waals surface area contributed by atoms with Crippen LogP contribution >= 0.6 is 0 Å². The average molecular weight is 375 g/mol. The fraction of sp³-hybridized carbons (Fsp3) is 0.650. The molecule has 0 aromatic heterocycles. The predicted octanol–water partition coefficient (Wildman–Crippen LogP) is 2.55. The second kappa shape index (κ2) is 7.94. The molecule has 0 bridgehead atoms. The Bertz CT molecular complexity index is 688. The van der Waals surface area contributed by atoms with Gasteiger partial charge in [-0.15, -0.1) is 0 Å². The van der Waals surface area contributed by atoms with Crippen molar-refractivity contribution in [2.24, 2.45) is 16.1 Å². The molecule has 1 spiro atoms. The maximum absolute atomic E-state index is 6.23. The standard InChI is InChI=1S/C20H29N3O4/c1-2-25-18-13-17(20(18)6-10-24-11-7-20)23-19(21)22-14-4-5-15-16(12-14)27-9-3-8-26-15/h4-5,12,17-18H,2-3,6-11,13H2,1H3,(H3,21,22,23). The molecule has 1 saturated heterocycles. The molecule has 2 unspecified atom stereocenters. The number of hydrogen-bond donors (Lipinski definition) is 2. The van der Waals surface area contributed by atoms with E-state index in [1.54, 1.807) is 0 Å². The highest BCUT2D eigenvalue weighted by atomic mass is 16.5.